The quantitative estimate of drug-likeness (QED) is 0.611. The van der Waals surface area contributed by atoms with Crippen molar-refractivity contribution >= 4 is 0 Å². The third kappa shape index (κ3) is 2.43. The predicted molar refractivity (Wildman–Crippen MR) is 41.2 cm³/mol. The van der Waals surface area contributed by atoms with Gasteiger partial charge in [0.25, 0.3) is 0 Å². The van der Waals surface area contributed by atoms with Gasteiger partial charge >= 0.3 is 0 Å². The van der Waals surface area contributed by atoms with E-state index in [0.29, 0.717) is 5.92 Å². The molecule has 0 spiro atoms. The summed E-state index contributed by atoms with van der Waals surface area (Å²) in [5, 5.41) is 17.8. The van der Waals surface area contributed by atoms with Gasteiger partial charge in [-0.05, 0) is 18.8 Å². The average Bonchev–Trinajstić information content (AvgIpc) is 2.09. The van der Waals surface area contributed by atoms with Gasteiger partial charge < -0.3 is 14.9 Å². The SMILES string of the molecule is OCC(CO)C1CCOCC1. The van der Waals surface area contributed by atoms with Crippen LogP contribution in [0.5, 0.6) is 0 Å². The highest BCUT2D eigenvalue weighted by molar-refractivity contribution is 4.71. The zero-order valence-corrected chi connectivity index (χ0v) is 6.70. The number of hydrogen-bond donors (Lipinski definition) is 2. The molecule has 0 unspecified atom stereocenters. The van der Waals surface area contributed by atoms with Crippen molar-refractivity contribution in [2.75, 3.05) is 26.4 Å². The summed E-state index contributed by atoms with van der Waals surface area (Å²) in [4.78, 5) is 0. The molecule has 0 aromatic carbocycles. The molecule has 11 heavy (non-hydrogen) atoms. The van der Waals surface area contributed by atoms with E-state index in [4.69, 9.17) is 14.9 Å². The van der Waals surface area contributed by atoms with E-state index in [0.717, 1.165) is 26.1 Å². The van der Waals surface area contributed by atoms with Crippen LogP contribution in [0.1, 0.15) is 12.8 Å². The first-order valence-electron chi connectivity index (χ1n) is 4.18. The summed E-state index contributed by atoms with van der Waals surface area (Å²) in [7, 11) is 0. The third-order valence-electron chi connectivity index (χ3n) is 2.40. The Morgan fingerprint density at radius 1 is 1.18 bits per heavy atom. The maximum absolute atomic E-state index is 8.88. The van der Waals surface area contributed by atoms with Gasteiger partial charge in [-0.2, -0.15) is 0 Å². The number of aliphatic hydroxyl groups is 2. The summed E-state index contributed by atoms with van der Waals surface area (Å²) in [6.07, 6.45) is 1.96. The van der Waals surface area contributed by atoms with E-state index in [1.807, 2.05) is 0 Å². The standard InChI is InChI=1S/C8H16O3/c9-5-8(6-10)7-1-3-11-4-2-7/h7-10H,1-6H2. The zero-order valence-electron chi connectivity index (χ0n) is 6.70. The molecule has 0 bridgehead atoms. The lowest BCUT2D eigenvalue weighted by Gasteiger charge is -2.27. The minimum absolute atomic E-state index is 0.0684. The first-order chi connectivity index (χ1) is 5.38. The van der Waals surface area contributed by atoms with Gasteiger partial charge in [0, 0.05) is 32.3 Å². The maximum atomic E-state index is 8.88. The van der Waals surface area contributed by atoms with Crippen molar-refractivity contribution in [3.05, 3.63) is 0 Å². The highest BCUT2D eigenvalue weighted by Crippen LogP contribution is 2.22. The predicted octanol–water partition coefficient (Wildman–Crippen LogP) is 0.0138. The van der Waals surface area contributed by atoms with E-state index in [9.17, 15) is 0 Å². The molecule has 3 heteroatoms. The van der Waals surface area contributed by atoms with E-state index in [1.165, 1.54) is 0 Å². The van der Waals surface area contributed by atoms with Gasteiger partial charge in [-0.15, -0.1) is 0 Å². The molecule has 1 rings (SSSR count). The highest BCUT2D eigenvalue weighted by atomic mass is 16.5. The molecule has 2 N–H and O–H groups in total. The van der Waals surface area contributed by atoms with Crippen molar-refractivity contribution in [2.45, 2.75) is 12.8 Å². The molecule has 0 saturated carbocycles. The average molecular weight is 160 g/mol. The fourth-order valence-electron chi connectivity index (χ4n) is 1.54. The second-order valence-corrected chi connectivity index (χ2v) is 3.08. The first kappa shape index (κ1) is 8.97. The third-order valence-corrected chi connectivity index (χ3v) is 2.40. The Balaban J connectivity index is 2.30. The Hall–Kier alpha value is -0.120. The van der Waals surface area contributed by atoms with Crippen LogP contribution in [0.3, 0.4) is 0 Å². The lowest BCUT2D eigenvalue weighted by atomic mass is 9.87. The molecule has 1 saturated heterocycles. The molecule has 0 radical (unpaired) electrons. The van der Waals surface area contributed by atoms with Gasteiger partial charge in [-0.3, -0.25) is 0 Å². The highest BCUT2D eigenvalue weighted by Gasteiger charge is 2.22. The summed E-state index contributed by atoms with van der Waals surface area (Å²) < 4.78 is 5.18. The second-order valence-electron chi connectivity index (χ2n) is 3.08. The van der Waals surface area contributed by atoms with E-state index in [2.05, 4.69) is 0 Å². The topological polar surface area (TPSA) is 49.7 Å². The van der Waals surface area contributed by atoms with Crippen LogP contribution in [-0.4, -0.2) is 36.6 Å². The largest absolute Gasteiger partial charge is 0.396 e. The Morgan fingerprint density at radius 3 is 2.18 bits per heavy atom. The van der Waals surface area contributed by atoms with Gasteiger partial charge in [0.2, 0.25) is 0 Å². The molecule has 1 aliphatic rings. The number of rotatable bonds is 3. The Bertz CT molecular complexity index is 95.5. The summed E-state index contributed by atoms with van der Waals surface area (Å²) in [6.45, 7) is 1.75. The van der Waals surface area contributed by atoms with Crippen LogP contribution in [0.4, 0.5) is 0 Å². The van der Waals surface area contributed by atoms with E-state index in [-0.39, 0.29) is 19.1 Å². The molecule has 66 valence electrons. The van der Waals surface area contributed by atoms with Crippen LogP contribution in [0.25, 0.3) is 0 Å². The lowest BCUT2D eigenvalue weighted by Crippen LogP contribution is -2.28. The normalized spacial score (nSPS) is 21.0. The monoisotopic (exact) mass is 160 g/mol. The van der Waals surface area contributed by atoms with Crippen molar-refractivity contribution in [1.29, 1.82) is 0 Å². The maximum Gasteiger partial charge on any atom is 0.0483 e. The fraction of sp³-hybridized carbons (Fsp3) is 1.00. The molecule has 0 aromatic heterocycles. The van der Waals surface area contributed by atoms with Crippen LogP contribution < -0.4 is 0 Å². The Labute approximate surface area is 67.0 Å². The van der Waals surface area contributed by atoms with Crippen molar-refractivity contribution < 1.29 is 14.9 Å². The summed E-state index contributed by atoms with van der Waals surface area (Å²) in [5.41, 5.74) is 0. The second kappa shape index (κ2) is 4.70. The van der Waals surface area contributed by atoms with Crippen molar-refractivity contribution in [2.24, 2.45) is 11.8 Å². The van der Waals surface area contributed by atoms with Crippen LogP contribution in [0.2, 0.25) is 0 Å². The van der Waals surface area contributed by atoms with Gasteiger partial charge in [0.15, 0.2) is 0 Å². The first-order valence-corrected chi connectivity index (χ1v) is 4.18. The Kier molecular flexibility index (Phi) is 3.83. The molecular formula is C8H16O3. The van der Waals surface area contributed by atoms with Crippen molar-refractivity contribution in [3.8, 4) is 0 Å². The minimum atomic E-state index is 0.0684. The van der Waals surface area contributed by atoms with Crippen LogP contribution >= 0.6 is 0 Å². The summed E-state index contributed by atoms with van der Waals surface area (Å²) >= 11 is 0. The molecule has 0 aromatic rings. The molecular weight excluding hydrogens is 144 g/mol. The number of hydrogen-bond acceptors (Lipinski definition) is 3. The fourth-order valence-corrected chi connectivity index (χ4v) is 1.54. The van der Waals surface area contributed by atoms with Crippen LogP contribution in [0, 0.1) is 11.8 Å². The summed E-state index contributed by atoms with van der Waals surface area (Å²) in [6, 6.07) is 0. The van der Waals surface area contributed by atoms with Crippen molar-refractivity contribution in [1.82, 2.24) is 0 Å². The smallest absolute Gasteiger partial charge is 0.0483 e. The number of aliphatic hydroxyl groups excluding tert-OH is 2. The summed E-state index contributed by atoms with van der Waals surface area (Å²) in [5.74, 6) is 0.526. The van der Waals surface area contributed by atoms with Crippen LogP contribution in [-0.2, 0) is 4.74 Å². The van der Waals surface area contributed by atoms with E-state index >= 15 is 0 Å². The zero-order chi connectivity index (χ0) is 8.10. The lowest BCUT2D eigenvalue weighted by molar-refractivity contribution is 0.0164. The van der Waals surface area contributed by atoms with Gasteiger partial charge in [0.1, 0.15) is 0 Å². The Morgan fingerprint density at radius 2 is 1.73 bits per heavy atom. The van der Waals surface area contributed by atoms with Gasteiger partial charge in [-0.25, -0.2) is 0 Å². The van der Waals surface area contributed by atoms with Crippen molar-refractivity contribution in [3.63, 3.8) is 0 Å². The molecule has 1 aliphatic heterocycles. The molecule has 0 aliphatic carbocycles. The van der Waals surface area contributed by atoms with Crippen LogP contribution in [0.15, 0.2) is 0 Å². The molecule has 1 heterocycles. The number of ether oxygens (including phenoxy) is 1. The van der Waals surface area contributed by atoms with Gasteiger partial charge in [0.05, 0.1) is 0 Å². The molecule has 0 atom stereocenters. The molecule has 0 amide bonds. The van der Waals surface area contributed by atoms with E-state index in [1.54, 1.807) is 0 Å². The molecule has 1 fully saturated rings. The molecule has 3 nitrogen and oxygen atoms in total. The van der Waals surface area contributed by atoms with Gasteiger partial charge in [-0.1, -0.05) is 0 Å². The minimum Gasteiger partial charge on any atom is -0.396 e. The van der Waals surface area contributed by atoms with E-state index < -0.39 is 0 Å².